The summed E-state index contributed by atoms with van der Waals surface area (Å²) in [4.78, 5) is 43.6. The molecule has 2 unspecified atom stereocenters. The van der Waals surface area contributed by atoms with E-state index in [4.69, 9.17) is 40.5 Å². The minimum absolute atomic E-state index is 0.00638. The van der Waals surface area contributed by atoms with Gasteiger partial charge in [-0.1, -0.05) is 28.2 Å². The maximum absolute atomic E-state index is 12.8. The summed E-state index contributed by atoms with van der Waals surface area (Å²) in [5, 5.41) is 15.7. The van der Waals surface area contributed by atoms with Crippen molar-refractivity contribution < 1.29 is 24.2 Å². The molecule has 4 rings (SSSR count). The Morgan fingerprint density at radius 3 is 2.73 bits per heavy atom. The number of hydrogen-bond donors (Lipinski definition) is 4. The lowest BCUT2D eigenvalue weighted by Crippen LogP contribution is -2.71. The highest BCUT2D eigenvalue weighted by Crippen LogP contribution is 2.44. The highest BCUT2D eigenvalue weighted by molar-refractivity contribution is 8.18. The van der Waals surface area contributed by atoms with Gasteiger partial charge in [0.05, 0.1) is 33.6 Å². The highest BCUT2D eigenvalue weighted by Gasteiger charge is 2.52. The molecule has 0 radical (unpaired) electrons. The number of carbonyl (C=O) groups excluding carboxylic acids is 3. The molecular formula is C20H19Cl2N7O4S4. The number of amides is 2. The number of rotatable bonds is 9. The number of nitrogens with two attached hydrogens (primary N) is 3. The lowest BCUT2D eigenvalue weighted by atomic mass is 10.1. The van der Waals surface area contributed by atoms with Crippen molar-refractivity contribution in [3.05, 3.63) is 44.9 Å². The second-order valence-corrected chi connectivity index (χ2v) is 12.9. The Bertz CT molecular complexity index is 1320. The van der Waals surface area contributed by atoms with Crippen molar-refractivity contribution in [3.8, 4) is 0 Å². The topological polar surface area (TPSA) is 184 Å². The van der Waals surface area contributed by atoms with E-state index in [2.05, 4.69) is 10.3 Å². The summed E-state index contributed by atoms with van der Waals surface area (Å²) in [6.07, 6.45) is 0. The van der Waals surface area contributed by atoms with Crippen LogP contribution in [0.15, 0.2) is 44.9 Å². The Kier molecular flexibility index (Phi) is 8.81. The first-order valence-corrected chi connectivity index (χ1v) is 15.1. The van der Waals surface area contributed by atoms with Crippen molar-refractivity contribution in [1.29, 1.82) is 0 Å². The molecule has 7 N–H and O–H groups in total. The van der Waals surface area contributed by atoms with Gasteiger partial charge in [0, 0.05) is 20.6 Å². The van der Waals surface area contributed by atoms with Gasteiger partial charge in [-0.15, -0.1) is 40.0 Å². The minimum atomic E-state index is -1.47. The van der Waals surface area contributed by atoms with E-state index >= 15 is 0 Å². The van der Waals surface area contributed by atoms with Gasteiger partial charge in [0.2, 0.25) is 17.5 Å². The second kappa shape index (κ2) is 11.7. The normalized spacial score (nSPS) is 18.9. The predicted octanol–water partition coefficient (Wildman–Crippen LogP) is 0.491. The third kappa shape index (κ3) is 6.12. The molecule has 11 nitrogen and oxygen atoms in total. The number of nitrogens with zero attached hydrogens (tertiary/aromatic N) is 3. The minimum Gasteiger partial charge on any atom is -0.543 e. The van der Waals surface area contributed by atoms with E-state index in [0.29, 0.717) is 35.8 Å². The van der Waals surface area contributed by atoms with Crippen molar-refractivity contribution in [2.24, 2.45) is 0 Å². The zero-order valence-corrected chi connectivity index (χ0v) is 23.5. The molecule has 2 atom stereocenters. The average Bonchev–Trinajstić information content (AvgIpc) is 2.85. The van der Waals surface area contributed by atoms with Gasteiger partial charge in [0.25, 0.3) is 5.91 Å². The highest BCUT2D eigenvalue weighted by atomic mass is 35.5. The smallest absolute Gasteiger partial charge is 0.323 e. The van der Waals surface area contributed by atoms with Crippen LogP contribution in [0, 0.1) is 0 Å². The van der Waals surface area contributed by atoms with Crippen LogP contribution in [0.1, 0.15) is 0 Å². The van der Waals surface area contributed by atoms with E-state index in [1.807, 2.05) is 0 Å². The molecule has 2 aliphatic rings. The van der Waals surface area contributed by atoms with Gasteiger partial charge < -0.3 is 26.7 Å². The number of carboxylic acids is 1. The molecule has 17 heteroatoms. The van der Waals surface area contributed by atoms with Crippen LogP contribution in [0.5, 0.6) is 0 Å². The van der Waals surface area contributed by atoms with Crippen LogP contribution in [0.25, 0.3) is 0 Å². The van der Waals surface area contributed by atoms with Crippen LogP contribution >= 0.6 is 70.2 Å². The van der Waals surface area contributed by atoms with Crippen molar-refractivity contribution in [1.82, 2.24) is 15.2 Å². The molecule has 2 amide bonds. The molecule has 0 spiro atoms. The molecule has 37 heavy (non-hydrogen) atoms. The molecule has 0 saturated carbocycles. The molecule has 0 bridgehead atoms. The molecule has 2 aliphatic heterocycles. The number of fused-ring (bicyclic) bond motifs is 1. The van der Waals surface area contributed by atoms with E-state index in [0.717, 1.165) is 4.90 Å². The van der Waals surface area contributed by atoms with Gasteiger partial charge >= 0.3 is 5.16 Å². The third-order valence-electron chi connectivity index (χ3n) is 5.12. The zero-order chi connectivity index (χ0) is 26.9. The first kappa shape index (κ1) is 27.9. The summed E-state index contributed by atoms with van der Waals surface area (Å²) < 4.78 is 1.17. The summed E-state index contributed by atoms with van der Waals surface area (Å²) in [6.45, 7) is 0. The van der Waals surface area contributed by atoms with Gasteiger partial charge in [-0.25, -0.2) is 0 Å². The Morgan fingerprint density at radius 2 is 2.00 bits per heavy atom. The molecule has 1 saturated heterocycles. The molecular weight excluding hydrogens is 601 g/mol. The Morgan fingerprint density at radius 1 is 1.24 bits per heavy atom. The van der Waals surface area contributed by atoms with Crippen LogP contribution in [0.4, 0.5) is 11.6 Å². The number of carboxylic acid groups (broad SMARTS) is 1. The van der Waals surface area contributed by atoms with E-state index in [1.54, 1.807) is 18.2 Å². The molecule has 1 aromatic carbocycles. The van der Waals surface area contributed by atoms with E-state index in [1.165, 1.54) is 57.8 Å². The Labute approximate surface area is 238 Å². The van der Waals surface area contributed by atoms with Crippen LogP contribution in [0.3, 0.4) is 0 Å². The summed E-state index contributed by atoms with van der Waals surface area (Å²) >= 11 is 17.1. The van der Waals surface area contributed by atoms with Gasteiger partial charge in [0.15, 0.2) is 0 Å². The first-order valence-electron chi connectivity index (χ1n) is 10.3. The fraction of sp³-hybridized carbons (Fsp3) is 0.250. The van der Waals surface area contributed by atoms with Crippen molar-refractivity contribution >= 4 is 99.7 Å². The molecule has 0 aliphatic carbocycles. The number of halogens is 2. The number of aromatic nitrogens is 2. The zero-order valence-electron chi connectivity index (χ0n) is 18.7. The number of nitrogen functional groups attached to an aromatic ring is 3. The van der Waals surface area contributed by atoms with Gasteiger partial charge in [-0.3, -0.25) is 20.3 Å². The fourth-order valence-electron chi connectivity index (χ4n) is 3.42. The summed E-state index contributed by atoms with van der Waals surface area (Å²) in [6, 6.07) is 5.49. The Hall–Kier alpha value is -2.17. The van der Waals surface area contributed by atoms with Crippen molar-refractivity contribution in [2.75, 3.05) is 33.9 Å². The monoisotopic (exact) mass is 619 g/mol. The number of thioether (sulfide) groups is 4. The largest absolute Gasteiger partial charge is 0.543 e. The average molecular weight is 621 g/mol. The number of nitrogens with one attached hydrogen (secondary N) is 1. The lowest BCUT2D eigenvalue weighted by Gasteiger charge is -2.50. The van der Waals surface area contributed by atoms with Crippen LogP contribution in [0.2, 0.25) is 10.0 Å². The lowest BCUT2D eigenvalue weighted by molar-refractivity contribution is -0.667. The first-order chi connectivity index (χ1) is 17.6. The number of benzene rings is 1. The van der Waals surface area contributed by atoms with Crippen LogP contribution < -0.4 is 32.4 Å². The molecule has 196 valence electrons. The van der Waals surface area contributed by atoms with Gasteiger partial charge in [-0.05, 0) is 30.0 Å². The van der Waals surface area contributed by atoms with E-state index in [-0.39, 0.29) is 29.0 Å². The molecule has 2 aromatic rings. The summed E-state index contributed by atoms with van der Waals surface area (Å²) in [5.74, 6) is 4.22. The predicted molar refractivity (Wildman–Crippen MR) is 146 cm³/mol. The number of anilines is 2. The second-order valence-electron chi connectivity index (χ2n) is 7.54. The fourth-order valence-corrected chi connectivity index (χ4v) is 8.42. The van der Waals surface area contributed by atoms with Crippen molar-refractivity contribution in [3.63, 3.8) is 0 Å². The van der Waals surface area contributed by atoms with E-state index in [9.17, 15) is 19.5 Å². The van der Waals surface area contributed by atoms with E-state index < -0.39 is 23.3 Å². The molecule has 1 fully saturated rings. The van der Waals surface area contributed by atoms with Gasteiger partial charge in [0.1, 0.15) is 11.4 Å². The number of carbonyl (C=O) groups is 3. The van der Waals surface area contributed by atoms with Crippen LogP contribution in [-0.4, -0.2) is 55.7 Å². The quantitative estimate of drug-likeness (QED) is 0.0761. The standard InChI is InChI=1S/C20H19Cl2N7O4S4/c21-8-1-2-9(22)10(3-8)34-6-14(30)27-15-17(31)28-16(19(32)33)11(5-35-18(15)28)36-7-37-20-26-12(23)4-13(24)29(20)25/h1-4,15,18H,5-7,25H2,(H5,23,24,27,30,32,33). The number of aliphatic carboxylic acids is 1. The molecule has 1 aromatic heterocycles. The molecule has 3 heterocycles. The maximum Gasteiger partial charge on any atom is 0.323 e. The maximum atomic E-state index is 12.8. The van der Waals surface area contributed by atoms with Crippen molar-refractivity contribution in [2.45, 2.75) is 21.5 Å². The number of hydrogen-bond acceptors (Lipinski definition) is 12. The SMILES string of the molecule is Nc1cc(N)[n+](N)c(SCSC2=C(C(=O)[O-])N3C(=O)C(NC(=O)CSc4cc(Cl)ccc4Cl)C3SC2)n1. The Balaban J connectivity index is 1.37. The summed E-state index contributed by atoms with van der Waals surface area (Å²) in [7, 11) is 0. The van der Waals surface area contributed by atoms with Crippen LogP contribution in [-0.2, 0) is 14.4 Å². The number of β-lactam (4-membered cyclic amide) rings is 1. The third-order valence-corrected chi connectivity index (χ3v) is 10.5. The van der Waals surface area contributed by atoms with Gasteiger partial charge in [-0.2, -0.15) is 0 Å². The summed E-state index contributed by atoms with van der Waals surface area (Å²) in [5.41, 5.74) is 11.3.